The Balaban J connectivity index is 2.08. The van der Waals surface area contributed by atoms with Gasteiger partial charge < -0.3 is 4.74 Å². The Morgan fingerprint density at radius 3 is 2.48 bits per heavy atom. The van der Waals surface area contributed by atoms with Crippen LogP contribution in [0.25, 0.3) is 11.4 Å². The van der Waals surface area contributed by atoms with Gasteiger partial charge in [-0.05, 0) is 35.3 Å². The summed E-state index contributed by atoms with van der Waals surface area (Å²) in [6.45, 7) is 2.42. The largest absolute Gasteiger partial charge is 0.491 e. The molecule has 0 N–H and O–H groups in total. The average molecular weight is 416 g/mol. The van der Waals surface area contributed by atoms with Crippen LogP contribution in [0.5, 0.6) is 5.75 Å². The summed E-state index contributed by atoms with van der Waals surface area (Å²) in [6.07, 6.45) is 0.642. The minimum atomic E-state index is 0.432. The highest BCUT2D eigenvalue weighted by Crippen LogP contribution is 2.33. The number of ether oxygens (including phenoxy) is 1. The molecule has 0 saturated carbocycles. The monoisotopic (exact) mass is 414 g/mol. The van der Waals surface area contributed by atoms with Crippen molar-refractivity contribution >= 4 is 46.4 Å². The predicted molar refractivity (Wildman–Crippen MR) is 99.1 cm³/mol. The van der Waals surface area contributed by atoms with E-state index in [2.05, 4.69) is 4.98 Å². The van der Waals surface area contributed by atoms with Crippen molar-refractivity contribution in [3.63, 3.8) is 0 Å². The standard InChI is InChI=1S/C17H12Cl4N3O/c1-9-22-16-4-5-25-15-3-2-10(18)8-14(15)24(16)23(9)17-12(20)6-11(19)7-13(17)21/h2-3,6-8H,4-5H2,1H3/q+1. The van der Waals surface area contributed by atoms with Gasteiger partial charge in [0.2, 0.25) is 0 Å². The molecule has 0 atom stereocenters. The summed E-state index contributed by atoms with van der Waals surface area (Å²) >= 11 is 25.2. The molecule has 4 nitrogen and oxygen atoms in total. The van der Waals surface area contributed by atoms with Crippen LogP contribution in [-0.2, 0) is 6.42 Å². The topological polar surface area (TPSA) is 30.9 Å². The third kappa shape index (κ3) is 2.87. The summed E-state index contributed by atoms with van der Waals surface area (Å²) in [7, 11) is 0. The fraction of sp³-hybridized carbons (Fsp3) is 0.176. The van der Waals surface area contributed by atoms with Gasteiger partial charge in [-0.3, -0.25) is 0 Å². The lowest BCUT2D eigenvalue weighted by Gasteiger charge is -2.12. The Bertz CT molecular complexity index is 977. The molecule has 0 bridgehead atoms. The summed E-state index contributed by atoms with van der Waals surface area (Å²) < 4.78 is 9.63. The predicted octanol–water partition coefficient (Wildman–Crippen LogP) is 5.01. The molecule has 0 aliphatic carbocycles. The van der Waals surface area contributed by atoms with E-state index >= 15 is 0 Å². The summed E-state index contributed by atoms with van der Waals surface area (Å²) in [4.78, 5) is 4.67. The fourth-order valence-electron chi connectivity index (χ4n) is 2.98. The number of benzene rings is 2. The van der Waals surface area contributed by atoms with Crippen LogP contribution in [0.15, 0.2) is 30.3 Å². The lowest BCUT2D eigenvalue weighted by Crippen LogP contribution is -2.43. The van der Waals surface area contributed by atoms with Gasteiger partial charge in [-0.2, -0.15) is 0 Å². The van der Waals surface area contributed by atoms with Crippen LogP contribution in [0.4, 0.5) is 0 Å². The van der Waals surface area contributed by atoms with E-state index < -0.39 is 0 Å². The number of hydrogen-bond donors (Lipinski definition) is 0. The molecular weight excluding hydrogens is 404 g/mol. The zero-order chi connectivity index (χ0) is 17.7. The molecule has 1 aliphatic heterocycles. The van der Waals surface area contributed by atoms with E-state index in [1.807, 2.05) is 28.4 Å². The van der Waals surface area contributed by atoms with Gasteiger partial charge >= 0.3 is 5.82 Å². The van der Waals surface area contributed by atoms with E-state index in [1.54, 1.807) is 18.2 Å². The van der Waals surface area contributed by atoms with Crippen molar-refractivity contribution in [1.82, 2.24) is 9.67 Å². The van der Waals surface area contributed by atoms with E-state index in [4.69, 9.17) is 51.1 Å². The molecular formula is C17H12Cl4N3O+. The second kappa shape index (κ2) is 6.36. The molecule has 1 aliphatic rings. The first-order valence-electron chi connectivity index (χ1n) is 7.54. The van der Waals surface area contributed by atoms with Crippen molar-refractivity contribution in [2.24, 2.45) is 0 Å². The van der Waals surface area contributed by atoms with Crippen LogP contribution in [0.2, 0.25) is 20.1 Å². The quantitative estimate of drug-likeness (QED) is 0.523. The Labute approximate surface area is 164 Å². The first kappa shape index (κ1) is 17.0. The third-order valence-electron chi connectivity index (χ3n) is 3.97. The summed E-state index contributed by atoms with van der Waals surface area (Å²) in [6, 6.07) is 8.78. The van der Waals surface area contributed by atoms with Crippen LogP contribution in [0.3, 0.4) is 0 Å². The van der Waals surface area contributed by atoms with Crippen LogP contribution in [0.1, 0.15) is 11.6 Å². The van der Waals surface area contributed by atoms with E-state index in [0.717, 1.165) is 23.1 Å². The number of rotatable bonds is 1. The van der Waals surface area contributed by atoms with Crippen molar-refractivity contribution in [3.05, 3.63) is 62.1 Å². The SMILES string of the molecule is Cc1nc2n([n+]1-c1c(Cl)cc(Cl)cc1Cl)-c1cc(Cl)ccc1OCC2. The number of halogens is 4. The Morgan fingerprint density at radius 2 is 1.76 bits per heavy atom. The second-order valence-corrected chi connectivity index (χ2v) is 7.31. The van der Waals surface area contributed by atoms with Crippen LogP contribution >= 0.6 is 46.4 Å². The van der Waals surface area contributed by atoms with Gasteiger partial charge in [0.05, 0.1) is 23.1 Å². The number of aromatic nitrogens is 3. The van der Waals surface area contributed by atoms with E-state index in [-0.39, 0.29) is 0 Å². The van der Waals surface area contributed by atoms with Gasteiger partial charge in [0.15, 0.2) is 5.69 Å². The van der Waals surface area contributed by atoms with Crippen molar-refractivity contribution in [2.75, 3.05) is 6.61 Å². The van der Waals surface area contributed by atoms with Crippen LogP contribution in [0, 0.1) is 6.92 Å². The van der Waals surface area contributed by atoms with Gasteiger partial charge in [-0.15, -0.1) is 9.36 Å². The zero-order valence-electron chi connectivity index (χ0n) is 13.1. The number of fused-ring (bicyclic) bond motifs is 3. The third-order valence-corrected chi connectivity index (χ3v) is 5.00. The van der Waals surface area contributed by atoms with Crippen LogP contribution < -0.4 is 9.42 Å². The Hall–Kier alpha value is -1.46. The maximum Gasteiger partial charge on any atom is 0.322 e. The molecule has 128 valence electrons. The van der Waals surface area contributed by atoms with E-state index in [9.17, 15) is 0 Å². The molecule has 4 rings (SSSR count). The number of aryl methyl sites for hydroxylation is 1. The van der Waals surface area contributed by atoms with E-state index in [0.29, 0.717) is 38.8 Å². The molecule has 8 heteroatoms. The molecule has 0 amide bonds. The van der Waals surface area contributed by atoms with Crippen molar-refractivity contribution in [1.29, 1.82) is 0 Å². The Kier molecular flexibility index (Phi) is 4.32. The summed E-state index contributed by atoms with van der Waals surface area (Å²) in [5, 5.41) is 1.94. The molecule has 0 spiro atoms. The first-order chi connectivity index (χ1) is 12.0. The average Bonchev–Trinajstić information content (AvgIpc) is 2.74. The summed E-state index contributed by atoms with van der Waals surface area (Å²) in [5.41, 5.74) is 1.39. The van der Waals surface area contributed by atoms with Gasteiger partial charge in [-0.1, -0.05) is 46.4 Å². The summed E-state index contributed by atoms with van der Waals surface area (Å²) in [5.74, 6) is 2.30. The minimum absolute atomic E-state index is 0.432. The Morgan fingerprint density at radius 1 is 1.04 bits per heavy atom. The highest BCUT2D eigenvalue weighted by Gasteiger charge is 2.32. The maximum atomic E-state index is 6.45. The molecule has 1 aromatic heterocycles. The highest BCUT2D eigenvalue weighted by atomic mass is 35.5. The number of nitrogens with zero attached hydrogens (tertiary/aromatic N) is 3. The molecule has 0 fully saturated rings. The molecule has 0 radical (unpaired) electrons. The second-order valence-electron chi connectivity index (χ2n) is 5.63. The maximum absolute atomic E-state index is 6.45. The van der Waals surface area contributed by atoms with Crippen molar-refractivity contribution < 1.29 is 9.42 Å². The highest BCUT2D eigenvalue weighted by molar-refractivity contribution is 6.40. The van der Waals surface area contributed by atoms with Crippen LogP contribution in [-0.4, -0.2) is 16.3 Å². The lowest BCUT2D eigenvalue weighted by molar-refractivity contribution is -0.682. The first-order valence-corrected chi connectivity index (χ1v) is 9.05. The van der Waals surface area contributed by atoms with Gasteiger partial charge in [0, 0.05) is 17.0 Å². The molecule has 25 heavy (non-hydrogen) atoms. The van der Waals surface area contributed by atoms with Gasteiger partial charge in [0.25, 0.3) is 5.82 Å². The fourth-order valence-corrected chi connectivity index (χ4v) is 4.12. The normalized spacial score (nSPS) is 13.0. The zero-order valence-corrected chi connectivity index (χ0v) is 16.1. The van der Waals surface area contributed by atoms with Gasteiger partial charge in [-0.25, -0.2) is 0 Å². The minimum Gasteiger partial charge on any atom is -0.491 e. The molecule has 2 heterocycles. The molecule has 2 aromatic carbocycles. The smallest absolute Gasteiger partial charge is 0.322 e. The molecule has 0 saturated heterocycles. The van der Waals surface area contributed by atoms with Gasteiger partial charge in [0.1, 0.15) is 11.4 Å². The van der Waals surface area contributed by atoms with E-state index in [1.165, 1.54) is 0 Å². The molecule has 0 unspecified atom stereocenters. The van der Waals surface area contributed by atoms with Crippen molar-refractivity contribution in [2.45, 2.75) is 13.3 Å². The molecule has 3 aromatic rings. The lowest BCUT2D eigenvalue weighted by atomic mass is 10.3. The number of hydrogen-bond acceptors (Lipinski definition) is 2. The van der Waals surface area contributed by atoms with Crippen molar-refractivity contribution in [3.8, 4) is 17.1 Å².